The molecule has 0 spiro atoms. The highest BCUT2D eigenvalue weighted by atomic mass is 128. The van der Waals surface area contributed by atoms with E-state index in [1.807, 2.05) is 19.9 Å². The molecular weight excluding hydrogens is 378 g/mol. The second-order valence-corrected chi connectivity index (χ2v) is 2.57. The van der Waals surface area contributed by atoms with Crippen molar-refractivity contribution in [1.82, 2.24) is 4.98 Å². The zero-order valence-electron chi connectivity index (χ0n) is 7.36. The Morgan fingerprint density at radius 3 is 2.17 bits per heavy atom. The number of rotatable bonds is 0. The Labute approximate surface area is 96.7 Å². The van der Waals surface area contributed by atoms with E-state index in [9.17, 15) is 0 Å². The van der Waals surface area contributed by atoms with Gasteiger partial charge in [0.1, 0.15) is 5.82 Å². The zero-order valence-corrected chi connectivity index (χ0v) is 11.7. The summed E-state index contributed by atoms with van der Waals surface area (Å²) in [5, 5.41) is 0. The van der Waals surface area contributed by atoms with Crippen LogP contribution in [0.2, 0.25) is 0 Å². The molecule has 0 aliphatic carbocycles. The van der Waals surface area contributed by atoms with Gasteiger partial charge >= 0.3 is 0 Å². The number of anilines is 1. The molecule has 1 aromatic heterocycles. The lowest BCUT2D eigenvalue weighted by molar-refractivity contribution is 1.13. The summed E-state index contributed by atoms with van der Waals surface area (Å²) >= 11 is 4.24. The summed E-state index contributed by atoms with van der Waals surface area (Å²) in [6, 6.07) is 1.89. The zero-order chi connectivity index (χ0) is 9.72. The fourth-order valence-electron chi connectivity index (χ4n) is 0.925. The minimum Gasteiger partial charge on any atom is -0.384 e. The lowest BCUT2D eigenvalue weighted by Gasteiger charge is -2.03. The largest absolute Gasteiger partial charge is 0.384 e. The number of halogens is 2. The predicted molar refractivity (Wildman–Crippen MR) is 70.9 cm³/mol. The van der Waals surface area contributed by atoms with Gasteiger partial charge in [0.15, 0.2) is 0 Å². The normalized spacial score (nSPS) is 8.75. The first kappa shape index (κ1) is 12.4. The molecule has 2 nitrogen and oxygen atoms in total. The van der Waals surface area contributed by atoms with Gasteiger partial charge < -0.3 is 5.73 Å². The number of hydrogen-bond donors (Lipinski definition) is 1. The fraction of sp³-hybridized carbons (Fsp3) is 0.375. The van der Waals surface area contributed by atoms with Crippen molar-refractivity contribution in [2.24, 2.45) is 0 Å². The molecule has 4 heteroatoms. The molecule has 0 amide bonds. The van der Waals surface area contributed by atoms with Gasteiger partial charge in [-0.2, -0.15) is 0 Å². The second kappa shape index (κ2) is 5.95. The van der Waals surface area contributed by atoms with E-state index < -0.39 is 0 Å². The number of hydrogen-bond acceptors (Lipinski definition) is 2. The molecular formula is C8H12I2N2. The fourth-order valence-corrected chi connectivity index (χ4v) is 0.925. The first-order valence-electron chi connectivity index (χ1n) is 3.46. The van der Waals surface area contributed by atoms with Gasteiger partial charge in [0, 0.05) is 42.9 Å². The smallest absolute Gasteiger partial charge is 0.123 e. The van der Waals surface area contributed by atoms with Crippen LogP contribution in [-0.4, -0.2) is 4.98 Å². The van der Waals surface area contributed by atoms with Crippen molar-refractivity contribution in [2.45, 2.75) is 20.8 Å². The Morgan fingerprint density at radius 1 is 1.25 bits per heavy atom. The topological polar surface area (TPSA) is 38.9 Å². The molecule has 1 rings (SSSR count). The maximum absolute atomic E-state index is 5.52. The number of aromatic nitrogens is 1. The summed E-state index contributed by atoms with van der Waals surface area (Å²) < 4.78 is 0. The summed E-state index contributed by atoms with van der Waals surface area (Å²) in [5.74, 6) is 0.612. The van der Waals surface area contributed by atoms with Gasteiger partial charge in [-0.3, -0.25) is 0 Å². The monoisotopic (exact) mass is 390 g/mol. The van der Waals surface area contributed by atoms with Crippen LogP contribution in [0, 0.1) is 20.8 Å². The number of nitrogen functional groups attached to an aromatic ring is 1. The van der Waals surface area contributed by atoms with Crippen molar-refractivity contribution in [3.8, 4) is 0 Å². The molecule has 0 aliphatic rings. The van der Waals surface area contributed by atoms with E-state index in [4.69, 9.17) is 5.73 Å². The molecule has 0 aromatic carbocycles. The second-order valence-electron chi connectivity index (χ2n) is 2.57. The average molecular weight is 390 g/mol. The Morgan fingerprint density at radius 2 is 1.75 bits per heavy atom. The molecule has 0 aliphatic heterocycles. The van der Waals surface area contributed by atoms with Gasteiger partial charge in [-0.1, -0.05) is 0 Å². The van der Waals surface area contributed by atoms with Crippen molar-refractivity contribution in [3.63, 3.8) is 0 Å². The molecule has 0 fully saturated rings. The Kier molecular flexibility index (Phi) is 6.16. The average Bonchev–Trinajstić information content (AvgIpc) is 2.04. The van der Waals surface area contributed by atoms with E-state index in [2.05, 4.69) is 49.1 Å². The molecule has 0 bridgehead atoms. The van der Waals surface area contributed by atoms with Crippen molar-refractivity contribution in [2.75, 3.05) is 5.73 Å². The van der Waals surface area contributed by atoms with Crippen LogP contribution in [0.1, 0.15) is 16.8 Å². The van der Waals surface area contributed by atoms with Gasteiger partial charge in [0.25, 0.3) is 0 Å². The molecule has 0 saturated heterocycles. The lowest BCUT2D eigenvalue weighted by Crippen LogP contribution is -1.96. The standard InChI is InChI=1S/C8H12N2.I2/c1-5-4-8(9)10-7(3)6(5)2;1-2/h4H,1-3H3,(H2,9,10);. The van der Waals surface area contributed by atoms with Crippen LogP contribution in [0.15, 0.2) is 6.07 Å². The van der Waals surface area contributed by atoms with E-state index in [1.54, 1.807) is 0 Å². The summed E-state index contributed by atoms with van der Waals surface area (Å²) in [6.45, 7) is 6.07. The minimum atomic E-state index is 0.612. The summed E-state index contributed by atoms with van der Waals surface area (Å²) in [5.41, 5.74) is 8.99. The number of nitrogens with two attached hydrogens (primary N) is 1. The Hall–Kier alpha value is 0.410. The van der Waals surface area contributed by atoms with Gasteiger partial charge in [-0.25, -0.2) is 4.98 Å². The van der Waals surface area contributed by atoms with E-state index >= 15 is 0 Å². The van der Waals surface area contributed by atoms with Crippen LogP contribution in [0.25, 0.3) is 0 Å². The van der Waals surface area contributed by atoms with E-state index in [1.165, 1.54) is 11.1 Å². The Balaban J connectivity index is 0.000000561. The van der Waals surface area contributed by atoms with Crippen LogP contribution < -0.4 is 5.73 Å². The SMILES string of the molecule is Cc1cc(N)nc(C)c1C.II. The highest BCUT2D eigenvalue weighted by Gasteiger charge is 1.98. The molecule has 1 heterocycles. The molecule has 12 heavy (non-hydrogen) atoms. The van der Waals surface area contributed by atoms with Crippen molar-refractivity contribution < 1.29 is 0 Å². The van der Waals surface area contributed by atoms with Crippen molar-refractivity contribution in [1.29, 1.82) is 0 Å². The minimum absolute atomic E-state index is 0.612. The highest BCUT2D eigenvalue weighted by Crippen LogP contribution is 2.11. The van der Waals surface area contributed by atoms with E-state index in [0.29, 0.717) is 5.82 Å². The molecule has 0 unspecified atom stereocenters. The van der Waals surface area contributed by atoms with Gasteiger partial charge in [0.2, 0.25) is 0 Å². The molecule has 2 N–H and O–H groups in total. The van der Waals surface area contributed by atoms with Crippen LogP contribution >= 0.6 is 37.2 Å². The van der Waals surface area contributed by atoms with Crippen LogP contribution in [-0.2, 0) is 0 Å². The van der Waals surface area contributed by atoms with Crippen LogP contribution in [0.5, 0.6) is 0 Å². The van der Waals surface area contributed by atoms with E-state index in [-0.39, 0.29) is 0 Å². The molecule has 0 saturated carbocycles. The summed E-state index contributed by atoms with van der Waals surface area (Å²) in [6.07, 6.45) is 0. The maximum atomic E-state index is 5.52. The van der Waals surface area contributed by atoms with Crippen LogP contribution in [0.3, 0.4) is 0 Å². The number of pyridine rings is 1. The van der Waals surface area contributed by atoms with Crippen molar-refractivity contribution >= 4 is 43.0 Å². The van der Waals surface area contributed by atoms with Crippen molar-refractivity contribution in [3.05, 3.63) is 22.9 Å². The third kappa shape index (κ3) is 3.42. The predicted octanol–water partition coefficient (Wildman–Crippen LogP) is 3.36. The molecule has 68 valence electrons. The third-order valence-corrected chi connectivity index (χ3v) is 1.80. The maximum Gasteiger partial charge on any atom is 0.123 e. The lowest BCUT2D eigenvalue weighted by atomic mass is 10.1. The highest BCUT2D eigenvalue weighted by molar-refractivity contribution is 15.0. The van der Waals surface area contributed by atoms with Crippen LogP contribution in [0.4, 0.5) is 5.82 Å². The first-order chi connectivity index (χ1) is 5.61. The number of aryl methyl sites for hydroxylation is 2. The molecule has 0 atom stereocenters. The Bertz CT molecular complexity index is 238. The first-order valence-corrected chi connectivity index (χ1v) is 9.74. The molecule has 1 aromatic rings. The summed E-state index contributed by atoms with van der Waals surface area (Å²) in [4.78, 5) is 4.11. The number of nitrogens with zero attached hydrogens (tertiary/aromatic N) is 1. The third-order valence-electron chi connectivity index (χ3n) is 1.80. The quantitative estimate of drug-likeness (QED) is 0.691. The van der Waals surface area contributed by atoms with Gasteiger partial charge in [-0.05, 0) is 38.0 Å². The van der Waals surface area contributed by atoms with Gasteiger partial charge in [0.05, 0.1) is 0 Å². The summed E-state index contributed by atoms with van der Waals surface area (Å²) in [7, 11) is 0. The van der Waals surface area contributed by atoms with Gasteiger partial charge in [-0.15, -0.1) is 0 Å². The molecule has 0 radical (unpaired) electrons. The van der Waals surface area contributed by atoms with E-state index in [0.717, 1.165) is 5.69 Å².